The Morgan fingerprint density at radius 1 is 1.06 bits per heavy atom. The van der Waals surface area contributed by atoms with E-state index in [1.165, 1.54) is 0 Å². The summed E-state index contributed by atoms with van der Waals surface area (Å²) in [4.78, 5) is 38.5. The number of hydrogen-bond acceptors (Lipinski definition) is 8. The third-order valence-electron chi connectivity index (χ3n) is 5.05. The second-order valence-corrected chi connectivity index (χ2v) is 8.27. The highest BCUT2D eigenvalue weighted by Gasteiger charge is 2.35. The summed E-state index contributed by atoms with van der Waals surface area (Å²) in [5, 5.41) is 11.5. The van der Waals surface area contributed by atoms with Crippen molar-refractivity contribution >= 4 is 34.2 Å². The Hall–Kier alpha value is -3.79. The molecular weight excluding hydrogens is 444 g/mol. The van der Waals surface area contributed by atoms with Gasteiger partial charge in [0.2, 0.25) is 11.0 Å². The zero-order chi connectivity index (χ0) is 23.4. The predicted molar refractivity (Wildman–Crippen MR) is 122 cm³/mol. The van der Waals surface area contributed by atoms with Crippen molar-refractivity contribution in [1.82, 2.24) is 15.1 Å². The molecule has 9 nitrogen and oxygen atoms in total. The lowest BCUT2D eigenvalue weighted by molar-refractivity contribution is -0.116. The van der Waals surface area contributed by atoms with Crippen LogP contribution in [0.2, 0.25) is 0 Å². The summed E-state index contributed by atoms with van der Waals surface area (Å²) in [6.45, 7) is 2.44. The molecule has 2 heterocycles. The summed E-state index contributed by atoms with van der Waals surface area (Å²) < 4.78 is 10.8. The van der Waals surface area contributed by atoms with Crippen LogP contribution in [-0.2, 0) is 17.8 Å². The number of nitrogens with zero attached hydrogens (tertiary/aromatic N) is 3. The molecule has 170 valence electrons. The number of carbonyl (C=O) groups is 3. The van der Waals surface area contributed by atoms with Gasteiger partial charge in [0.1, 0.15) is 5.01 Å². The Morgan fingerprint density at radius 3 is 2.45 bits per heavy atom. The number of ether oxygens (including phenoxy) is 2. The lowest BCUT2D eigenvalue weighted by Crippen LogP contribution is -2.29. The number of aromatic nitrogens is 2. The first-order valence-corrected chi connectivity index (χ1v) is 11.2. The van der Waals surface area contributed by atoms with Crippen LogP contribution >= 0.6 is 11.3 Å². The zero-order valence-electron chi connectivity index (χ0n) is 18.2. The predicted octanol–water partition coefficient (Wildman–Crippen LogP) is 3.31. The van der Waals surface area contributed by atoms with Crippen LogP contribution in [0.3, 0.4) is 0 Å². The van der Waals surface area contributed by atoms with Crippen LogP contribution in [0, 0.1) is 0 Å². The third-order valence-corrected chi connectivity index (χ3v) is 5.88. The molecule has 10 heteroatoms. The topological polar surface area (TPSA) is 111 Å². The Balaban J connectivity index is 1.32. The van der Waals surface area contributed by atoms with E-state index in [0.717, 1.165) is 21.8 Å². The van der Waals surface area contributed by atoms with E-state index in [0.29, 0.717) is 45.8 Å². The molecule has 1 aliphatic rings. The highest BCUT2D eigenvalue weighted by Crippen LogP contribution is 2.29. The maximum absolute atomic E-state index is 12.5. The summed E-state index contributed by atoms with van der Waals surface area (Å²) in [6, 6.07) is 12.3. The van der Waals surface area contributed by atoms with Crippen molar-refractivity contribution in [1.29, 1.82) is 0 Å². The molecule has 0 bridgehead atoms. The fourth-order valence-corrected chi connectivity index (χ4v) is 4.21. The van der Waals surface area contributed by atoms with Crippen LogP contribution in [0.15, 0.2) is 42.5 Å². The summed E-state index contributed by atoms with van der Waals surface area (Å²) in [7, 11) is 1.57. The summed E-state index contributed by atoms with van der Waals surface area (Å²) >= 11 is 1.13. The van der Waals surface area contributed by atoms with Crippen LogP contribution in [-0.4, -0.2) is 46.5 Å². The lowest BCUT2D eigenvalue weighted by Gasteiger charge is -2.11. The first-order chi connectivity index (χ1) is 16.0. The van der Waals surface area contributed by atoms with Gasteiger partial charge < -0.3 is 14.8 Å². The SMILES string of the molecule is CCOc1ccc(CCC(=O)Nc2nnc(CN3C(=O)c4ccccc4C3=O)s2)cc1OC. The molecule has 1 aliphatic heterocycles. The molecule has 0 saturated carbocycles. The van der Waals surface area contributed by atoms with Crippen LogP contribution in [0.5, 0.6) is 11.5 Å². The second-order valence-electron chi connectivity index (χ2n) is 7.21. The molecule has 2 aromatic carbocycles. The van der Waals surface area contributed by atoms with Gasteiger partial charge in [-0.05, 0) is 43.2 Å². The van der Waals surface area contributed by atoms with Crippen LogP contribution in [0.1, 0.15) is 44.6 Å². The van der Waals surface area contributed by atoms with Gasteiger partial charge >= 0.3 is 0 Å². The summed E-state index contributed by atoms with van der Waals surface area (Å²) in [5.41, 5.74) is 1.70. The molecule has 33 heavy (non-hydrogen) atoms. The van der Waals surface area contributed by atoms with Gasteiger partial charge in [0.25, 0.3) is 11.8 Å². The van der Waals surface area contributed by atoms with Crippen molar-refractivity contribution in [2.75, 3.05) is 19.0 Å². The van der Waals surface area contributed by atoms with E-state index >= 15 is 0 Å². The van der Waals surface area contributed by atoms with E-state index < -0.39 is 0 Å². The van der Waals surface area contributed by atoms with Crippen molar-refractivity contribution in [3.63, 3.8) is 0 Å². The molecule has 4 rings (SSSR count). The van der Waals surface area contributed by atoms with E-state index in [4.69, 9.17) is 9.47 Å². The van der Waals surface area contributed by atoms with Gasteiger partial charge in [0, 0.05) is 6.42 Å². The first kappa shape index (κ1) is 22.4. The van der Waals surface area contributed by atoms with Crippen molar-refractivity contribution in [3.05, 3.63) is 64.2 Å². The quantitative estimate of drug-likeness (QED) is 0.482. The largest absolute Gasteiger partial charge is 0.493 e. The van der Waals surface area contributed by atoms with Gasteiger partial charge in [-0.2, -0.15) is 0 Å². The maximum Gasteiger partial charge on any atom is 0.261 e. The van der Waals surface area contributed by atoms with Gasteiger partial charge in [0.05, 0.1) is 31.4 Å². The number of methoxy groups -OCH3 is 1. The second kappa shape index (κ2) is 9.78. The molecule has 1 aromatic heterocycles. The minimum absolute atomic E-state index is 0.00581. The van der Waals surface area contributed by atoms with Crippen molar-refractivity contribution < 1.29 is 23.9 Å². The third kappa shape index (κ3) is 4.85. The molecule has 0 spiro atoms. The molecule has 3 aromatic rings. The molecule has 0 aliphatic carbocycles. The molecular formula is C23H22N4O5S. The number of anilines is 1. The number of aryl methyl sites for hydroxylation is 1. The van der Waals surface area contributed by atoms with E-state index in [1.54, 1.807) is 31.4 Å². The number of benzene rings is 2. The molecule has 1 N–H and O–H groups in total. The number of fused-ring (bicyclic) bond motifs is 1. The van der Waals surface area contributed by atoms with Gasteiger partial charge in [-0.1, -0.05) is 29.5 Å². The molecule has 0 atom stereocenters. The van der Waals surface area contributed by atoms with Crippen molar-refractivity contribution in [2.45, 2.75) is 26.3 Å². The van der Waals surface area contributed by atoms with E-state index in [-0.39, 0.29) is 30.7 Å². The standard InChI is InChI=1S/C23H22N4O5S/c1-3-32-17-10-8-14(12-18(17)31-2)9-11-19(28)24-23-26-25-20(33-23)13-27-21(29)15-6-4-5-7-16(15)22(27)30/h4-8,10,12H,3,9,11,13H2,1-2H3,(H,24,26,28). The molecule has 0 fully saturated rings. The summed E-state index contributed by atoms with van der Waals surface area (Å²) in [6.07, 6.45) is 0.750. The smallest absolute Gasteiger partial charge is 0.261 e. The number of imide groups is 1. The van der Waals surface area contributed by atoms with Gasteiger partial charge in [0.15, 0.2) is 11.5 Å². The van der Waals surface area contributed by atoms with Crippen LogP contribution < -0.4 is 14.8 Å². The minimum atomic E-state index is -0.359. The number of hydrogen-bond donors (Lipinski definition) is 1. The highest BCUT2D eigenvalue weighted by atomic mass is 32.1. The summed E-state index contributed by atoms with van der Waals surface area (Å²) in [5.74, 6) is 0.347. The van der Waals surface area contributed by atoms with Crippen LogP contribution in [0.4, 0.5) is 5.13 Å². The molecule has 0 radical (unpaired) electrons. The zero-order valence-corrected chi connectivity index (χ0v) is 19.0. The number of amides is 3. The van der Waals surface area contributed by atoms with Gasteiger partial charge in [-0.15, -0.1) is 10.2 Å². The number of rotatable bonds is 9. The highest BCUT2D eigenvalue weighted by molar-refractivity contribution is 7.15. The fraction of sp³-hybridized carbons (Fsp3) is 0.261. The fourth-order valence-electron chi connectivity index (χ4n) is 3.47. The van der Waals surface area contributed by atoms with Crippen molar-refractivity contribution in [2.24, 2.45) is 0 Å². The Morgan fingerprint density at radius 2 is 1.79 bits per heavy atom. The Kier molecular flexibility index (Phi) is 6.64. The average molecular weight is 467 g/mol. The molecule has 0 unspecified atom stereocenters. The first-order valence-electron chi connectivity index (χ1n) is 10.4. The van der Waals surface area contributed by atoms with E-state index in [1.807, 2.05) is 25.1 Å². The Labute approximate surface area is 194 Å². The Bertz CT molecular complexity index is 1170. The van der Waals surface area contributed by atoms with Gasteiger partial charge in [-0.25, -0.2) is 0 Å². The number of carbonyl (C=O) groups excluding carboxylic acids is 3. The average Bonchev–Trinajstić information content (AvgIpc) is 3.36. The molecule has 0 saturated heterocycles. The minimum Gasteiger partial charge on any atom is -0.493 e. The normalized spacial score (nSPS) is 12.6. The number of nitrogens with one attached hydrogen (secondary N) is 1. The van der Waals surface area contributed by atoms with Crippen LogP contribution in [0.25, 0.3) is 0 Å². The maximum atomic E-state index is 12.5. The monoisotopic (exact) mass is 466 g/mol. The van der Waals surface area contributed by atoms with E-state index in [2.05, 4.69) is 15.5 Å². The molecule has 3 amide bonds. The van der Waals surface area contributed by atoms with E-state index in [9.17, 15) is 14.4 Å². The van der Waals surface area contributed by atoms with Crippen molar-refractivity contribution in [3.8, 4) is 11.5 Å². The lowest BCUT2D eigenvalue weighted by atomic mass is 10.1. The van der Waals surface area contributed by atoms with Gasteiger partial charge in [-0.3, -0.25) is 19.3 Å².